The van der Waals surface area contributed by atoms with Crippen LogP contribution in [0.3, 0.4) is 0 Å². The number of sulfonamides is 1. The maximum absolute atomic E-state index is 12.0. The molecule has 0 fully saturated rings. The number of primary sulfonamides is 1. The summed E-state index contributed by atoms with van der Waals surface area (Å²) in [6, 6.07) is 6.61. The Hall–Kier alpha value is -3.38. The first-order valence-electron chi connectivity index (χ1n) is 7.26. The third-order valence-electron chi connectivity index (χ3n) is 3.68. The van der Waals surface area contributed by atoms with Gasteiger partial charge in [-0.25, -0.2) is 18.5 Å². The number of H-pyrrole nitrogens is 1. The number of carbonyl (C=O) groups is 1. The molecule has 1 aliphatic heterocycles. The van der Waals surface area contributed by atoms with Gasteiger partial charge in [-0.15, -0.1) is 10.2 Å². The van der Waals surface area contributed by atoms with E-state index in [1.165, 1.54) is 6.20 Å². The molecule has 4 rings (SSSR count). The molecule has 0 radical (unpaired) electrons. The molecule has 132 valence electrons. The highest BCUT2D eigenvalue weighted by atomic mass is 32.2. The molecular formula is C14H11N7O4S. The standard InChI is InChI=1S/C14H11N7O4S/c15-26(23,24)14-12(13-18-20-21-19-13)8(3-4-16-14)7-1-2-9-10(5-7)25-6-11(22)17-9/h1-5H,6H2,(H,17,22)(H2,15,23,24)(H,18,19,20,21). The Bertz CT molecular complexity index is 1110. The number of anilines is 1. The monoisotopic (exact) mass is 373 g/mol. The fourth-order valence-corrected chi connectivity index (χ4v) is 3.32. The first-order valence-corrected chi connectivity index (χ1v) is 8.81. The highest BCUT2D eigenvalue weighted by molar-refractivity contribution is 7.89. The van der Waals surface area contributed by atoms with Gasteiger partial charge in [0, 0.05) is 6.20 Å². The second-order valence-electron chi connectivity index (χ2n) is 5.37. The Labute approximate surface area is 146 Å². The van der Waals surface area contributed by atoms with Crippen molar-refractivity contribution >= 4 is 21.6 Å². The van der Waals surface area contributed by atoms with Gasteiger partial charge in [-0.3, -0.25) is 4.79 Å². The molecule has 3 aromatic rings. The van der Waals surface area contributed by atoms with Gasteiger partial charge in [-0.05, 0) is 34.5 Å². The summed E-state index contributed by atoms with van der Waals surface area (Å²) < 4.78 is 29.3. The first-order chi connectivity index (χ1) is 12.4. The summed E-state index contributed by atoms with van der Waals surface area (Å²) in [4.78, 5) is 15.3. The van der Waals surface area contributed by atoms with Crippen molar-refractivity contribution in [1.82, 2.24) is 25.6 Å². The molecule has 1 aliphatic rings. The maximum Gasteiger partial charge on any atom is 0.262 e. The molecule has 0 saturated heterocycles. The van der Waals surface area contributed by atoms with E-state index in [4.69, 9.17) is 9.88 Å². The lowest BCUT2D eigenvalue weighted by atomic mass is 10.0. The Morgan fingerprint density at radius 1 is 1.23 bits per heavy atom. The minimum atomic E-state index is -4.14. The molecular weight excluding hydrogens is 362 g/mol. The summed E-state index contributed by atoms with van der Waals surface area (Å²) in [5.74, 6) is 0.234. The number of fused-ring (bicyclic) bond motifs is 1. The lowest BCUT2D eigenvalue weighted by molar-refractivity contribution is -0.118. The molecule has 1 amide bonds. The van der Waals surface area contributed by atoms with Crippen molar-refractivity contribution in [2.24, 2.45) is 5.14 Å². The smallest absolute Gasteiger partial charge is 0.262 e. The van der Waals surface area contributed by atoms with E-state index in [2.05, 4.69) is 30.9 Å². The van der Waals surface area contributed by atoms with E-state index in [0.717, 1.165) is 0 Å². The lowest BCUT2D eigenvalue weighted by Gasteiger charge is -2.19. The van der Waals surface area contributed by atoms with Gasteiger partial charge in [0.1, 0.15) is 5.75 Å². The van der Waals surface area contributed by atoms with Crippen molar-refractivity contribution in [2.75, 3.05) is 11.9 Å². The number of ether oxygens (including phenoxy) is 1. The third-order valence-corrected chi connectivity index (χ3v) is 4.53. The largest absolute Gasteiger partial charge is 0.482 e. The molecule has 26 heavy (non-hydrogen) atoms. The van der Waals surface area contributed by atoms with Crippen LogP contribution in [0, 0.1) is 0 Å². The number of amides is 1. The lowest BCUT2D eigenvalue weighted by Crippen LogP contribution is -2.25. The number of nitrogens with one attached hydrogen (secondary N) is 2. The van der Waals surface area contributed by atoms with Gasteiger partial charge >= 0.3 is 0 Å². The van der Waals surface area contributed by atoms with E-state index < -0.39 is 10.0 Å². The molecule has 4 N–H and O–H groups in total. The second kappa shape index (κ2) is 5.86. The normalized spacial score (nSPS) is 13.7. The van der Waals surface area contributed by atoms with Gasteiger partial charge in [-0.2, -0.15) is 5.21 Å². The topological polar surface area (TPSA) is 166 Å². The number of hydrogen-bond donors (Lipinski definition) is 3. The van der Waals surface area contributed by atoms with Crippen LogP contribution in [0.25, 0.3) is 22.5 Å². The highest BCUT2D eigenvalue weighted by Crippen LogP contribution is 2.38. The van der Waals surface area contributed by atoms with Crippen LogP contribution in [-0.2, 0) is 14.8 Å². The number of rotatable bonds is 3. The third kappa shape index (κ3) is 2.76. The average Bonchev–Trinajstić information content (AvgIpc) is 3.14. The van der Waals surface area contributed by atoms with E-state index in [9.17, 15) is 13.2 Å². The van der Waals surface area contributed by atoms with E-state index in [1.54, 1.807) is 24.3 Å². The molecule has 0 unspecified atom stereocenters. The van der Waals surface area contributed by atoms with Crippen LogP contribution in [0.4, 0.5) is 5.69 Å². The zero-order chi connectivity index (χ0) is 18.3. The quantitative estimate of drug-likeness (QED) is 0.572. The van der Waals surface area contributed by atoms with Crippen LogP contribution in [-0.4, -0.2) is 46.5 Å². The number of nitrogens with zero attached hydrogens (tertiary/aromatic N) is 4. The fourth-order valence-electron chi connectivity index (χ4n) is 2.62. The van der Waals surface area contributed by atoms with Crippen molar-refractivity contribution in [3.63, 3.8) is 0 Å². The summed E-state index contributed by atoms with van der Waals surface area (Å²) in [5, 5.41) is 21.0. The van der Waals surface area contributed by atoms with E-state index in [1.807, 2.05) is 0 Å². The summed E-state index contributed by atoms with van der Waals surface area (Å²) in [7, 11) is -4.14. The number of carbonyl (C=O) groups excluding carboxylic acids is 1. The molecule has 0 saturated carbocycles. The number of pyridine rings is 1. The molecule has 0 bridgehead atoms. The van der Waals surface area contributed by atoms with Crippen molar-refractivity contribution in [3.8, 4) is 28.3 Å². The van der Waals surface area contributed by atoms with Gasteiger partial charge in [0.05, 0.1) is 11.3 Å². The second-order valence-corrected chi connectivity index (χ2v) is 6.84. The Morgan fingerprint density at radius 2 is 2.08 bits per heavy atom. The van der Waals surface area contributed by atoms with Gasteiger partial charge in [-0.1, -0.05) is 6.07 Å². The SMILES string of the molecule is NS(=O)(=O)c1nccc(-c2ccc3c(c2)OCC(=O)N3)c1-c1nn[nH]n1. The molecule has 2 aromatic heterocycles. The van der Waals surface area contributed by atoms with Crippen LogP contribution < -0.4 is 15.2 Å². The number of aromatic nitrogens is 5. The number of nitrogens with two attached hydrogens (primary N) is 1. The van der Waals surface area contributed by atoms with Crippen LogP contribution in [0.5, 0.6) is 5.75 Å². The van der Waals surface area contributed by atoms with E-state index in [-0.39, 0.29) is 28.9 Å². The molecule has 12 heteroatoms. The van der Waals surface area contributed by atoms with Crippen LogP contribution >= 0.6 is 0 Å². The van der Waals surface area contributed by atoms with Crippen molar-refractivity contribution in [3.05, 3.63) is 30.5 Å². The minimum absolute atomic E-state index is 0.0315. The Balaban J connectivity index is 1.94. The average molecular weight is 373 g/mol. The van der Waals surface area contributed by atoms with Crippen molar-refractivity contribution in [1.29, 1.82) is 0 Å². The predicted molar refractivity (Wildman–Crippen MR) is 88.3 cm³/mol. The summed E-state index contributed by atoms with van der Waals surface area (Å²) in [6.45, 7) is -0.104. The van der Waals surface area contributed by atoms with E-state index >= 15 is 0 Å². The first kappa shape index (κ1) is 16.1. The summed E-state index contributed by atoms with van der Waals surface area (Å²) in [5.41, 5.74) is 1.70. The Kier molecular flexibility index (Phi) is 3.63. The van der Waals surface area contributed by atoms with Crippen molar-refractivity contribution < 1.29 is 17.9 Å². The molecule has 0 aliphatic carbocycles. The molecule has 0 atom stereocenters. The zero-order valence-corrected chi connectivity index (χ0v) is 13.8. The minimum Gasteiger partial charge on any atom is -0.482 e. The number of aromatic amines is 1. The highest BCUT2D eigenvalue weighted by Gasteiger charge is 2.25. The summed E-state index contributed by atoms with van der Waals surface area (Å²) in [6.07, 6.45) is 1.32. The van der Waals surface area contributed by atoms with Crippen LogP contribution in [0.1, 0.15) is 0 Å². The van der Waals surface area contributed by atoms with E-state index in [0.29, 0.717) is 22.6 Å². The number of benzene rings is 1. The van der Waals surface area contributed by atoms with Crippen LogP contribution in [0.15, 0.2) is 35.5 Å². The van der Waals surface area contributed by atoms with Gasteiger partial charge < -0.3 is 10.1 Å². The van der Waals surface area contributed by atoms with Crippen LogP contribution in [0.2, 0.25) is 0 Å². The molecule has 3 heterocycles. The molecule has 0 spiro atoms. The van der Waals surface area contributed by atoms with Gasteiger partial charge in [0.25, 0.3) is 15.9 Å². The Morgan fingerprint density at radius 3 is 2.81 bits per heavy atom. The predicted octanol–water partition coefficient (Wildman–Crippen LogP) is -0.0930. The maximum atomic E-state index is 12.0. The van der Waals surface area contributed by atoms with Gasteiger partial charge in [0.15, 0.2) is 11.6 Å². The fraction of sp³-hybridized carbons (Fsp3) is 0.0714. The zero-order valence-electron chi connectivity index (χ0n) is 13.0. The summed E-state index contributed by atoms with van der Waals surface area (Å²) >= 11 is 0. The number of hydrogen-bond acceptors (Lipinski definition) is 8. The molecule has 1 aromatic carbocycles. The number of tetrazole rings is 1. The van der Waals surface area contributed by atoms with Crippen molar-refractivity contribution in [2.45, 2.75) is 5.03 Å². The van der Waals surface area contributed by atoms with Gasteiger partial charge in [0.2, 0.25) is 5.82 Å². The molecule has 11 nitrogen and oxygen atoms in total.